The third-order valence-electron chi connectivity index (χ3n) is 7.11. The van der Waals surface area contributed by atoms with Gasteiger partial charge in [-0.3, -0.25) is 4.79 Å². The number of carbonyl (C=O) groups excluding carboxylic acids is 2. The Hall–Kier alpha value is -3.16. The molecule has 7 nitrogen and oxygen atoms in total. The number of allylic oxidation sites excluding steroid dienone is 1. The highest BCUT2D eigenvalue weighted by atomic mass is 16.7. The first-order chi connectivity index (χ1) is 17.5. The first-order valence-corrected chi connectivity index (χ1v) is 12.6. The summed E-state index contributed by atoms with van der Waals surface area (Å²) in [6.45, 7) is 0.318. The van der Waals surface area contributed by atoms with Gasteiger partial charge in [0.05, 0.1) is 25.9 Å². The second-order valence-electron chi connectivity index (χ2n) is 9.53. The largest absolute Gasteiger partial charge is 0.465 e. The average Bonchev–Trinajstić information content (AvgIpc) is 2.95. The summed E-state index contributed by atoms with van der Waals surface area (Å²) in [6.07, 6.45) is 7.33. The molecule has 0 spiro atoms. The maximum absolute atomic E-state index is 13.4. The SMILES string of the molecule is COC(=O)c1ccc(C2C=C(C(=O)N(C)C3CCCCC3)OC(OCc3ccc(CO)cc3)C2)cc1. The van der Waals surface area contributed by atoms with Crippen LogP contribution < -0.4 is 0 Å². The number of esters is 1. The number of hydrogen-bond acceptors (Lipinski definition) is 6. The Balaban J connectivity index is 1.52. The highest BCUT2D eigenvalue weighted by Crippen LogP contribution is 2.33. The molecule has 2 aromatic carbocycles. The summed E-state index contributed by atoms with van der Waals surface area (Å²) in [4.78, 5) is 27.1. The predicted octanol–water partition coefficient (Wildman–Crippen LogP) is 4.69. The smallest absolute Gasteiger partial charge is 0.337 e. The number of carbonyl (C=O) groups is 2. The van der Waals surface area contributed by atoms with E-state index in [0.717, 1.165) is 42.4 Å². The number of hydrogen-bond donors (Lipinski definition) is 1. The molecule has 2 atom stereocenters. The molecule has 2 aliphatic rings. The second-order valence-corrected chi connectivity index (χ2v) is 9.53. The van der Waals surface area contributed by atoms with E-state index in [1.165, 1.54) is 13.5 Å². The quantitative estimate of drug-likeness (QED) is 0.537. The van der Waals surface area contributed by atoms with Crippen molar-refractivity contribution >= 4 is 11.9 Å². The Morgan fingerprint density at radius 3 is 2.31 bits per heavy atom. The molecule has 0 bridgehead atoms. The van der Waals surface area contributed by atoms with Gasteiger partial charge in [-0.1, -0.05) is 55.7 Å². The zero-order valence-electron chi connectivity index (χ0n) is 21.0. The highest BCUT2D eigenvalue weighted by Gasteiger charge is 2.32. The molecule has 2 unspecified atom stereocenters. The second kappa shape index (κ2) is 12.2. The minimum Gasteiger partial charge on any atom is -0.465 e. The molecule has 0 radical (unpaired) electrons. The van der Waals surface area contributed by atoms with Crippen LogP contribution in [0.2, 0.25) is 0 Å². The molecule has 1 aliphatic carbocycles. The van der Waals surface area contributed by atoms with Gasteiger partial charge in [-0.15, -0.1) is 0 Å². The van der Waals surface area contributed by atoms with Crippen molar-refractivity contribution in [3.63, 3.8) is 0 Å². The van der Waals surface area contributed by atoms with Crippen molar-refractivity contribution in [3.8, 4) is 0 Å². The van der Waals surface area contributed by atoms with Crippen molar-refractivity contribution in [3.05, 3.63) is 82.6 Å². The van der Waals surface area contributed by atoms with E-state index >= 15 is 0 Å². The Kier molecular flexibility index (Phi) is 8.78. The molecule has 1 N–H and O–H groups in total. The molecule has 0 saturated heterocycles. The summed E-state index contributed by atoms with van der Waals surface area (Å²) in [6, 6.07) is 15.0. The predicted molar refractivity (Wildman–Crippen MR) is 135 cm³/mol. The van der Waals surface area contributed by atoms with Crippen LogP contribution in [0.4, 0.5) is 0 Å². The fourth-order valence-corrected chi connectivity index (χ4v) is 4.87. The molecule has 1 amide bonds. The van der Waals surface area contributed by atoms with E-state index in [1.807, 2.05) is 54.4 Å². The number of aliphatic hydroxyl groups is 1. The number of benzene rings is 2. The van der Waals surface area contributed by atoms with Gasteiger partial charge in [-0.2, -0.15) is 0 Å². The third kappa shape index (κ3) is 6.33. The molecular formula is C29H35NO6. The van der Waals surface area contributed by atoms with Gasteiger partial charge in [0.2, 0.25) is 6.29 Å². The summed E-state index contributed by atoms with van der Waals surface area (Å²) in [7, 11) is 3.22. The maximum Gasteiger partial charge on any atom is 0.337 e. The number of rotatable bonds is 8. The van der Waals surface area contributed by atoms with Gasteiger partial charge in [-0.25, -0.2) is 4.79 Å². The van der Waals surface area contributed by atoms with Crippen LogP contribution in [-0.2, 0) is 32.2 Å². The number of methoxy groups -OCH3 is 1. The maximum atomic E-state index is 13.4. The topological polar surface area (TPSA) is 85.3 Å². The van der Waals surface area contributed by atoms with Crippen molar-refractivity contribution in [1.29, 1.82) is 0 Å². The lowest BCUT2D eigenvalue weighted by atomic mass is 9.91. The first-order valence-electron chi connectivity index (χ1n) is 12.6. The van der Waals surface area contributed by atoms with Crippen LogP contribution in [0.15, 0.2) is 60.4 Å². The molecule has 1 aliphatic heterocycles. The van der Waals surface area contributed by atoms with Crippen LogP contribution in [0.5, 0.6) is 0 Å². The van der Waals surface area contributed by atoms with Crippen LogP contribution in [0.25, 0.3) is 0 Å². The van der Waals surface area contributed by atoms with E-state index in [0.29, 0.717) is 24.4 Å². The third-order valence-corrected chi connectivity index (χ3v) is 7.11. The van der Waals surface area contributed by atoms with E-state index in [4.69, 9.17) is 14.2 Å². The van der Waals surface area contributed by atoms with Crippen LogP contribution in [0, 0.1) is 0 Å². The summed E-state index contributed by atoms with van der Waals surface area (Å²) >= 11 is 0. The fourth-order valence-electron chi connectivity index (χ4n) is 4.87. The molecule has 1 saturated carbocycles. The Morgan fingerprint density at radius 1 is 1.00 bits per heavy atom. The van der Waals surface area contributed by atoms with Crippen LogP contribution in [0.3, 0.4) is 0 Å². The lowest BCUT2D eigenvalue weighted by molar-refractivity contribution is -0.156. The van der Waals surface area contributed by atoms with Crippen molar-refractivity contribution < 1.29 is 28.9 Å². The Labute approximate surface area is 212 Å². The lowest BCUT2D eigenvalue weighted by Crippen LogP contribution is -2.41. The molecule has 192 valence electrons. The van der Waals surface area contributed by atoms with Gasteiger partial charge < -0.3 is 24.2 Å². The van der Waals surface area contributed by atoms with Gasteiger partial charge in [0.25, 0.3) is 5.91 Å². The van der Waals surface area contributed by atoms with E-state index in [-0.39, 0.29) is 30.4 Å². The summed E-state index contributed by atoms with van der Waals surface area (Å²) in [5.74, 6) is -0.316. The van der Waals surface area contributed by atoms with Crippen molar-refractivity contribution in [2.45, 2.75) is 70.0 Å². The summed E-state index contributed by atoms with van der Waals surface area (Å²) < 4.78 is 17.0. The van der Waals surface area contributed by atoms with E-state index in [2.05, 4.69) is 0 Å². The van der Waals surface area contributed by atoms with E-state index in [9.17, 15) is 14.7 Å². The van der Waals surface area contributed by atoms with Crippen LogP contribution in [0.1, 0.15) is 71.5 Å². The zero-order valence-corrected chi connectivity index (χ0v) is 21.0. The normalized spacial score (nSPS) is 20.2. The molecule has 0 aromatic heterocycles. The lowest BCUT2D eigenvalue weighted by Gasteiger charge is -2.34. The van der Waals surface area contributed by atoms with Crippen molar-refractivity contribution in [2.24, 2.45) is 0 Å². The van der Waals surface area contributed by atoms with Crippen LogP contribution >= 0.6 is 0 Å². The number of amides is 1. The average molecular weight is 494 g/mol. The van der Waals surface area contributed by atoms with Crippen LogP contribution in [-0.4, -0.2) is 48.4 Å². The minimum absolute atomic E-state index is 0.00585. The molecule has 2 aromatic rings. The summed E-state index contributed by atoms with van der Waals surface area (Å²) in [5.41, 5.74) is 3.24. The molecule has 7 heteroatoms. The molecular weight excluding hydrogens is 458 g/mol. The standard InChI is InChI=1S/C29H35NO6/c1-30(25-6-4-3-5-7-25)28(32)26-16-24(22-12-14-23(15-13-22)29(33)34-2)17-27(36-26)35-19-21-10-8-20(18-31)9-11-21/h8-16,24-25,27,31H,3-7,17-19H2,1-2H3. The zero-order chi connectivity index (χ0) is 25.5. The van der Waals surface area contributed by atoms with Crippen molar-refractivity contribution in [1.82, 2.24) is 4.90 Å². The van der Waals surface area contributed by atoms with Gasteiger partial charge in [0, 0.05) is 25.4 Å². The molecule has 4 rings (SSSR count). The van der Waals surface area contributed by atoms with Gasteiger partial charge in [0.15, 0.2) is 5.76 Å². The molecule has 36 heavy (non-hydrogen) atoms. The van der Waals surface area contributed by atoms with Crippen molar-refractivity contribution in [2.75, 3.05) is 14.2 Å². The number of likely N-dealkylation sites (N-methyl/N-ethyl adjacent to an activating group) is 1. The fraction of sp³-hybridized carbons (Fsp3) is 0.448. The highest BCUT2D eigenvalue weighted by molar-refractivity contribution is 5.92. The Morgan fingerprint density at radius 2 is 1.67 bits per heavy atom. The number of nitrogens with zero attached hydrogens (tertiary/aromatic N) is 1. The molecule has 1 heterocycles. The minimum atomic E-state index is -0.600. The number of aliphatic hydroxyl groups excluding tert-OH is 1. The Bertz CT molecular complexity index is 1060. The van der Waals surface area contributed by atoms with Gasteiger partial charge >= 0.3 is 5.97 Å². The van der Waals surface area contributed by atoms with E-state index in [1.54, 1.807) is 12.1 Å². The monoisotopic (exact) mass is 493 g/mol. The van der Waals surface area contributed by atoms with Gasteiger partial charge in [0.1, 0.15) is 0 Å². The first kappa shape index (κ1) is 25.9. The number of ether oxygens (including phenoxy) is 3. The van der Waals surface area contributed by atoms with E-state index < -0.39 is 6.29 Å². The van der Waals surface area contributed by atoms with Gasteiger partial charge in [-0.05, 0) is 47.7 Å². The molecule has 1 fully saturated rings. The summed E-state index contributed by atoms with van der Waals surface area (Å²) in [5, 5.41) is 9.26.